The SMILES string of the molecule is O=C(c1ncccn1)N1CC2(C[C@@H](Oc3ncccc3F)CS2)C1. The Morgan fingerprint density at radius 1 is 1.25 bits per heavy atom. The number of halogens is 1. The lowest BCUT2D eigenvalue weighted by Gasteiger charge is -2.46. The van der Waals surface area contributed by atoms with Crippen molar-refractivity contribution in [1.29, 1.82) is 0 Å². The third-order valence-electron chi connectivity index (χ3n) is 4.18. The second-order valence-electron chi connectivity index (χ2n) is 5.96. The summed E-state index contributed by atoms with van der Waals surface area (Å²) in [4.78, 5) is 25.9. The Balaban J connectivity index is 1.35. The zero-order valence-corrected chi connectivity index (χ0v) is 13.6. The molecule has 1 atom stereocenters. The first-order valence-electron chi connectivity index (χ1n) is 7.63. The summed E-state index contributed by atoms with van der Waals surface area (Å²) in [6, 6.07) is 4.55. The minimum absolute atomic E-state index is 0.0135. The Bertz CT molecular complexity index is 755. The summed E-state index contributed by atoms with van der Waals surface area (Å²) in [5.74, 6) is 0.431. The normalized spacial score (nSPS) is 21.5. The molecule has 0 aromatic carbocycles. The van der Waals surface area contributed by atoms with Crippen molar-refractivity contribution in [2.75, 3.05) is 18.8 Å². The van der Waals surface area contributed by atoms with Crippen molar-refractivity contribution in [3.8, 4) is 5.88 Å². The fourth-order valence-electron chi connectivity index (χ4n) is 3.06. The van der Waals surface area contributed by atoms with Gasteiger partial charge in [0.1, 0.15) is 6.10 Å². The Labute approximate surface area is 142 Å². The molecule has 2 aliphatic rings. The van der Waals surface area contributed by atoms with E-state index in [4.69, 9.17) is 4.74 Å². The van der Waals surface area contributed by atoms with E-state index in [1.165, 1.54) is 18.3 Å². The van der Waals surface area contributed by atoms with Gasteiger partial charge in [0, 0.05) is 43.9 Å². The van der Waals surface area contributed by atoms with Crippen LogP contribution in [0.5, 0.6) is 5.88 Å². The van der Waals surface area contributed by atoms with E-state index in [0.717, 1.165) is 12.2 Å². The van der Waals surface area contributed by atoms with E-state index in [9.17, 15) is 9.18 Å². The van der Waals surface area contributed by atoms with Crippen LogP contribution in [0.1, 0.15) is 17.0 Å². The number of rotatable bonds is 3. The summed E-state index contributed by atoms with van der Waals surface area (Å²) in [6.45, 7) is 1.28. The number of hydrogen-bond acceptors (Lipinski definition) is 6. The molecule has 2 saturated heterocycles. The average molecular weight is 346 g/mol. The number of ether oxygens (including phenoxy) is 1. The van der Waals surface area contributed by atoms with Crippen molar-refractivity contribution in [3.63, 3.8) is 0 Å². The molecule has 1 amide bonds. The summed E-state index contributed by atoms with van der Waals surface area (Å²) >= 11 is 1.77. The van der Waals surface area contributed by atoms with Crippen LogP contribution in [0.15, 0.2) is 36.8 Å². The number of carbonyl (C=O) groups excluding carboxylic acids is 1. The zero-order valence-electron chi connectivity index (χ0n) is 12.8. The molecule has 0 N–H and O–H groups in total. The molecule has 24 heavy (non-hydrogen) atoms. The molecule has 2 aliphatic heterocycles. The smallest absolute Gasteiger partial charge is 0.291 e. The van der Waals surface area contributed by atoms with Crippen molar-refractivity contribution in [2.45, 2.75) is 17.3 Å². The third-order valence-corrected chi connectivity index (χ3v) is 5.76. The number of likely N-dealkylation sites (tertiary alicyclic amines) is 1. The van der Waals surface area contributed by atoms with Gasteiger partial charge in [0.25, 0.3) is 11.8 Å². The average Bonchev–Trinajstić information content (AvgIpc) is 3.00. The first-order valence-corrected chi connectivity index (χ1v) is 8.61. The fourth-order valence-corrected chi connectivity index (χ4v) is 4.58. The van der Waals surface area contributed by atoms with Crippen LogP contribution in [0, 0.1) is 5.82 Å². The van der Waals surface area contributed by atoms with Crippen LogP contribution < -0.4 is 4.74 Å². The molecule has 2 aromatic heterocycles. The van der Waals surface area contributed by atoms with E-state index >= 15 is 0 Å². The van der Waals surface area contributed by atoms with Crippen molar-refractivity contribution in [2.24, 2.45) is 0 Å². The highest BCUT2D eigenvalue weighted by molar-refractivity contribution is 8.01. The van der Waals surface area contributed by atoms with Crippen LogP contribution in [0.25, 0.3) is 0 Å². The van der Waals surface area contributed by atoms with Gasteiger partial charge < -0.3 is 9.64 Å². The summed E-state index contributed by atoms with van der Waals surface area (Å²) in [5, 5.41) is 0. The van der Waals surface area contributed by atoms with E-state index in [0.29, 0.717) is 13.1 Å². The maximum Gasteiger partial charge on any atom is 0.291 e. The summed E-state index contributed by atoms with van der Waals surface area (Å²) in [5.41, 5.74) is 0. The number of thioether (sulfide) groups is 1. The molecule has 2 aromatic rings. The predicted octanol–water partition coefficient (Wildman–Crippen LogP) is 1.79. The molecular formula is C16H15FN4O2S. The molecular weight excluding hydrogens is 331 g/mol. The van der Waals surface area contributed by atoms with Crippen molar-refractivity contribution < 1.29 is 13.9 Å². The maximum absolute atomic E-state index is 13.6. The van der Waals surface area contributed by atoms with E-state index < -0.39 is 5.82 Å². The molecule has 1 spiro atoms. The van der Waals surface area contributed by atoms with Crippen molar-refractivity contribution >= 4 is 17.7 Å². The second-order valence-corrected chi connectivity index (χ2v) is 7.45. The zero-order chi connectivity index (χ0) is 16.6. The molecule has 4 rings (SSSR count). The van der Waals surface area contributed by atoms with E-state index in [1.807, 2.05) is 0 Å². The van der Waals surface area contributed by atoms with Crippen LogP contribution in [-0.2, 0) is 0 Å². The minimum atomic E-state index is -0.449. The molecule has 0 bridgehead atoms. The highest BCUT2D eigenvalue weighted by atomic mass is 32.2. The maximum atomic E-state index is 13.6. The monoisotopic (exact) mass is 346 g/mol. The van der Waals surface area contributed by atoms with Crippen LogP contribution in [0.2, 0.25) is 0 Å². The number of amides is 1. The minimum Gasteiger partial charge on any atom is -0.471 e. The van der Waals surface area contributed by atoms with Gasteiger partial charge in [-0.1, -0.05) is 0 Å². The summed E-state index contributed by atoms with van der Waals surface area (Å²) in [6.07, 6.45) is 5.31. The van der Waals surface area contributed by atoms with Gasteiger partial charge in [0.05, 0.1) is 4.75 Å². The van der Waals surface area contributed by atoms with Crippen LogP contribution >= 0.6 is 11.8 Å². The third kappa shape index (κ3) is 2.82. The lowest BCUT2D eigenvalue weighted by atomic mass is 9.93. The lowest BCUT2D eigenvalue weighted by Crippen LogP contribution is -2.61. The number of hydrogen-bond donors (Lipinski definition) is 0. The topological polar surface area (TPSA) is 68.2 Å². The molecule has 0 saturated carbocycles. The highest BCUT2D eigenvalue weighted by Gasteiger charge is 2.51. The second kappa shape index (κ2) is 6.01. The lowest BCUT2D eigenvalue weighted by molar-refractivity contribution is 0.0502. The number of carbonyl (C=O) groups is 1. The standard InChI is InChI=1S/C16H15FN4O2S/c17-12-3-1-4-20-14(12)23-11-7-16(24-8-11)9-21(10-16)15(22)13-18-5-2-6-19-13/h1-6,11H,7-10H2/t11-/m1/s1. The van der Waals surface area contributed by atoms with Gasteiger partial charge >= 0.3 is 0 Å². The van der Waals surface area contributed by atoms with Gasteiger partial charge in [0.2, 0.25) is 5.82 Å². The molecule has 124 valence electrons. The number of nitrogens with zero attached hydrogens (tertiary/aromatic N) is 4. The number of aromatic nitrogens is 3. The van der Waals surface area contributed by atoms with E-state index in [2.05, 4.69) is 15.0 Å². The first kappa shape index (κ1) is 15.3. The Morgan fingerprint density at radius 3 is 2.75 bits per heavy atom. The van der Waals surface area contributed by atoms with Gasteiger partial charge in [-0.3, -0.25) is 4.79 Å². The Morgan fingerprint density at radius 2 is 2.00 bits per heavy atom. The molecule has 0 unspecified atom stereocenters. The van der Waals surface area contributed by atoms with Crippen LogP contribution in [-0.4, -0.2) is 55.5 Å². The fraction of sp³-hybridized carbons (Fsp3) is 0.375. The van der Waals surface area contributed by atoms with Crippen molar-refractivity contribution in [1.82, 2.24) is 19.9 Å². The molecule has 0 radical (unpaired) electrons. The van der Waals surface area contributed by atoms with Gasteiger partial charge in [-0.05, 0) is 18.2 Å². The quantitative estimate of drug-likeness (QED) is 0.844. The van der Waals surface area contributed by atoms with Gasteiger partial charge in [0.15, 0.2) is 5.82 Å². The largest absolute Gasteiger partial charge is 0.471 e. The first-order chi connectivity index (χ1) is 11.7. The molecule has 0 aliphatic carbocycles. The van der Waals surface area contributed by atoms with Crippen molar-refractivity contribution in [3.05, 3.63) is 48.4 Å². The van der Waals surface area contributed by atoms with E-state index in [1.54, 1.807) is 35.1 Å². The van der Waals surface area contributed by atoms with Crippen LogP contribution in [0.4, 0.5) is 4.39 Å². The highest BCUT2D eigenvalue weighted by Crippen LogP contribution is 2.46. The Hall–Kier alpha value is -2.22. The van der Waals surface area contributed by atoms with E-state index in [-0.39, 0.29) is 28.5 Å². The van der Waals surface area contributed by atoms with Gasteiger partial charge in [-0.2, -0.15) is 0 Å². The van der Waals surface area contributed by atoms with Gasteiger partial charge in [-0.15, -0.1) is 11.8 Å². The number of pyridine rings is 1. The summed E-state index contributed by atoms with van der Waals surface area (Å²) in [7, 11) is 0. The Kier molecular flexibility index (Phi) is 3.84. The van der Waals surface area contributed by atoms with Crippen LogP contribution in [0.3, 0.4) is 0 Å². The molecule has 8 heteroatoms. The molecule has 6 nitrogen and oxygen atoms in total. The predicted molar refractivity (Wildman–Crippen MR) is 86.4 cm³/mol. The molecule has 4 heterocycles. The van der Waals surface area contributed by atoms with Gasteiger partial charge in [-0.25, -0.2) is 19.3 Å². The molecule has 2 fully saturated rings. The summed E-state index contributed by atoms with van der Waals surface area (Å²) < 4.78 is 19.3.